The first-order valence-electron chi connectivity index (χ1n) is 11.4. The number of ether oxygens (including phenoxy) is 3. The Morgan fingerprint density at radius 3 is 2.79 bits per heavy atom. The van der Waals surface area contributed by atoms with Gasteiger partial charge in [0.25, 0.3) is 0 Å². The van der Waals surface area contributed by atoms with E-state index in [0.717, 1.165) is 68.2 Å². The van der Waals surface area contributed by atoms with Crippen LogP contribution in [0, 0.1) is 0 Å². The van der Waals surface area contributed by atoms with Crippen LogP contribution in [0.4, 0.5) is 5.82 Å². The summed E-state index contributed by atoms with van der Waals surface area (Å²) in [5, 5.41) is 6.74. The Hall–Kier alpha value is -2.57. The maximum Gasteiger partial charge on any atom is 0.213 e. The van der Waals surface area contributed by atoms with Gasteiger partial charge in [0, 0.05) is 69.5 Å². The van der Waals surface area contributed by atoms with Crippen LogP contribution in [0.5, 0.6) is 5.88 Å². The summed E-state index contributed by atoms with van der Waals surface area (Å²) >= 11 is 0. The van der Waals surface area contributed by atoms with Gasteiger partial charge in [-0.05, 0) is 12.1 Å². The van der Waals surface area contributed by atoms with Crippen LogP contribution in [0.25, 0.3) is 22.3 Å². The quantitative estimate of drug-likeness (QED) is 0.485. The molecule has 11 heteroatoms. The second-order valence-electron chi connectivity index (χ2n) is 8.05. The van der Waals surface area contributed by atoms with E-state index in [2.05, 4.69) is 30.5 Å². The predicted molar refractivity (Wildman–Crippen MR) is 135 cm³/mol. The van der Waals surface area contributed by atoms with E-state index in [1.165, 1.54) is 0 Å². The maximum atomic E-state index is 5.83. The van der Waals surface area contributed by atoms with E-state index in [4.69, 9.17) is 19.2 Å². The van der Waals surface area contributed by atoms with Gasteiger partial charge in [-0.1, -0.05) is 0 Å². The van der Waals surface area contributed by atoms with Crippen LogP contribution in [-0.4, -0.2) is 96.6 Å². The summed E-state index contributed by atoms with van der Waals surface area (Å²) in [7, 11) is 0. The zero-order chi connectivity index (χ0) is 22.3. The van der Waals surface area contributed by atoms with Gasteiger partial charge < -0.3 is 24.8 Å². The van der Waals surface area contributed by atoms with Gasteiger partial charge in [-0.25, -0.2) is 15.0 Å². The smallest absolute Gasteiger partial charge is 0.213 e. The largest absolute Gasteiger partial charge is 0.476 e. The van der Waals surface area contributed by atoms with E-state index in [0.29, 0.717) is 31.5 Å². The van der Waals surface area contributed by atoms with Gasteiger partial charge in [-0.15, -0.1) is 0 Å². The van der Waals surface area contributed by atoms with Crippen molar-refractivity contribution in [3.63, 3.8) is 0 Å². The third kappa shape index (κ3) is 6.30. The highest BCUT2D eigenvalue weighted by atomic mass is 32.1. The molecule has 0 bridgehead atoms. The lowest BCUT2D eigenvalue weighted by Gasteiger charge is -2.26. The number of anilines is 1. The highest BCUT2D eigenvalue weighted by Gasteiger charge is 2.16. The fraction of sp³-hybridized carbons (Fsp3) is 0.478. The van der Waals surface area contributed by atoms with E-state index < -0.39 is 0 Å². The third-order valence-electron chi connectivity index (χ3n) is 5.75. The minimum absolute atomic E-state index is 0. The Labute approximate surface area is 205 Å². The molecular weight excluding hydrogens is 454 g/mol. The summed E-state index contributed by atoms with van der Waals surface area (Å²) in [6, 6.07) is 5.79. The minimum Gasteiger partial charge on any atom is -0.476 e. The molecule has 0 unspecified atom stereocenters. The summed E-state index contributed by atoms with van der Waals surface area (Å²) in [6.45, 7) is 8.00. The fourth-order valence-corrected chi connectivity index (χ4v) is 3.93. The molecule has 0 aliphatic carbocycles. The monoisotopic (exact) mass is 485 g/mol. The molecule has 182 valence electrons. The Bertz CT molecular complexity index is 1040. The van der Waals surface area contributed by atoms with Crippen LogP contribution in [0.2, 0.25) is 0 Å². The van der Waals surface area contributed by atoms with E-state index in [1.54, 1.807) is 18.6 Å². The van der Waals surface area contributed by atoms with Crippen molar-refractivity contribution in [2.45, 2.75) is 6.10 Å². The van der Waals surface area contributed by atoms with Gasteiger partial charge in [0.05, 0.1) is 37.1 Å². The number of pyridine rings is 2. The molecule has 10 nitrogen and oxygen atoms in total. The van der Waals surface area contributed by atoms with Crippen LogP contribution in [0.3, 0.4) is 0 Å². The first-order valence-corrected chi connectivity index (χ1v) is 11.4. The summed E-state index contributed by atoms with van der Waals surface area (Å²) in [4.78, 5) is 20.6. The van der Waals surface area contributed by atoms with Crippen molar-refractivity contribution >= 4 is 30.3 Å². The van der Waals surface area contributed by atoms with Crippen molar-refractivity contribution in [2.24, 2.45) is 0 Å². The van der Waals surface area contributed by atoms with Gasteiger partial charge in [0.15, 0.2) is 5.82 Å². The molecule has 1 atom stereocenters. The summed E-state index contributed by atoms with van der Waals surface area (Å²) < 4.78 is 17.0. The fourth-order valence-electron chi connectivity index (χ4n) is 3.93. The molecule has 0 spiro atoms. The third-order valence-corrected chi connectivity index (χ3v) is 5.75. The molecule has 34 heavy (non-hydrogen) atoms. The van der Waals surface area contributed by atoms with Crippen molar-refractivity contribution in [3.05, 3.63) is 36.8 Å². The predicted octanol–water partition coefficient (Wildman–Crippen LogP) is 1.31. The average Bonchev–Trinajstić information content (AvgIpc) is 2.89. The maximum absolute atomic E-state index is 5.83. The Morgan fingerprint density at radius 2 is 2.00 bits per heavy atom. The van der Waals surface area contributed by atoms with E-state index in [-0.39, 0.29) is 19.6 Å². The number of hydrogen-bond donors (Lipinski definition) is 2. The Morgan fingerprint density at radius 1 is 1.12 bits per heavy atom. The summed E-state index contributed by atoms with van der Waals surface area (Å²) in [5.74, 6) is 1.29. The SMILES string of the molecule is S.c1cnc2c(NC[C@@H]3CNCCO3)nc(-c3ccc(OCCN4CCOCC4)nc3)cc2n1. The van der Waals surface area contributed by atoms with Crippen molar-refractivity contribution in [1.82, 2.24) is 30.2 Å². The number of aromatic nitrogens is 4. The molecule has 0 aromatic carbocycles. The minimum atomic E-state index is 0. The molecule has 5 heterocycles. The molecule has 2 fully saturated rings. The molecule has 3 aromatic rings. The Balaban J connectivity index is 0.00000274. The van der Waals surface area contributed by atoms with Crippen LogP contribution in [0.1, 0.15) is 0 Å². The van der Waals surface area contributed by atoms with Crippen LogP contribution < -0.4 is 15.4 Å². The number of fused-ring (bicyclic) bond motifs is 1. The first kappa shape index (κ1) is 24.6. The van der Waals surface area contributed by atoms with Crippen molar-refractivity contribution < 1.29 is 14.2 Å². The van der Waals surface area contributed by atoms with Crippen molar-refractivity contribution in [2.75, 3.05) is 71.0 Å². The lowest BCUT2D eigenvalue weighted by atomic mass is 10.1. The van der Waals surface area contributed by atoms with Crippen LogP contribution in [0.15, 0.2) is 36.8 Å². The molecule has 0 radical (unpaired) electrons. The molecule has 0 amide bonds. The first-order chi connectivity index (χ1) is 16.3. The topological polar surface area (TPSA) is 107 Å². The number of rotatable bonds is 8. The Kier molecular flexibility index (Phi) is 8.83. The molecule has 2 aliphatic rings. The van der Waals surface area contributed by atoms with E-state index in [1.807, 2.05) is 18.2 Å². The number of morpholine rings is 2. The van der Waals surface area contributed by atoms with E-state index in [9.17, 15) is 0 Å². The number of nitrogens with zero attached hydrogens (tertiary/aromatic N) is 5. The van der Waals surface area contributed by atoms with E-state index >= 15 is 0 Å². The molecule has 2 N–H and O–H groups in total. The van der Waals surface area contributed by atoms with Gasteiger partial charge in [-0.2, -0.15) is 13.5 Å². The van der Waals surface area contributed by atoms with Gasteiger partial charge >= 0.3 is 0 Å². The zero-order valence-corrected chi connectivity index (χ0v) is 20.1. The normalized spacial score (nSPS) is 18.9. The van der Waals surface area contributed by atoms with Gasteiger partial charge in [-0.3, -0.25) is 9.88 Å². The second-order valence-corrected chi connectivity index (χ2v) is 8.05. The molecule has 2 saturated heterocycles. The zero-order valence-electron chi connectivity index (χ0n) is 19.1. The van der Waals surface area contributed by atoms with Crippen LogP contribution >= 0.6 is 13.5 Å². The van der Waals surface area contributed by atoms with Crippen LogP contribution in [-0.2, 0) is 9.47 Å². The van der Waals surface area contributed by atoms with Gasteiger partial charge in [0.2, 0.25) is 5.88 Å². The van der Waals surface area contributed by atoms with Gasteiger partial charge in [0.1, 0.15) is 12.1 Å². The molecule has 2 aliphatic heterocycles. The summed E-state index contributed by atoms with van der Waals surface area (Å²) in [5.41, 5.74) is 3.18. The second kappa shape index (κ2) is 12.2. The molecule has 3 aromatic heterocycles. The van der Waals surface area contributed by atoms with Crippen molar-refractivity contribution in [3.8, 4) is 17.1 Å². The molecular formula is C23H31N7O3S. The highest BCUT2D eigenvalue weighted by molar-refractivity contribution is 7.59. The number of hydrogen-bond acceptors (Lipinski definition) is 10. The lowest BCUT2D eigenvalue weighted by Crippen LogP contribution is -2.42. The summed E-state index contributed by atoms with van der Waals surface area (Å²) in [6.07, 6.45) is 5.24. The lowest BCUT2D eigenvalue weighted by molar-refractivity contribution is 0.0320. The number of nitrogens with one attached hydrogen (secondary N) is 2. The van der Waals surface area contributed by atoms with Crippen molar-refractivity contribution in [1.29, 1.82) is 0 Å². The molecule has 5 rings (SSSR count). The molecule has 0 saturated carbocycles. The highest BCUT2D eigenvalue weighted by Crippen LogP contribution is 2.26. The average molecular weight is 486 g/mol. The standard InChI is InChI=1S/C23H29N7O3.H2S/c1-2-21(33-12-8-30-6-10-31-11-7-30)27-14-17(1)19-13-20-22(26-4-3-25-20)23(29-19)28-16-18-15-24-5-9-32-18;/h1-4,13-14,18,24H,5-12,15-16H2,(H,28,29);1H2/t18-;/m0./s1.